The molecule has 0 aromatic heterocycles. The summed E-state index contributed by atoms with van der Waals surface area (Å²) in [5, 5.41) is 0. The predicted octanol–water partition coefficient (Wildman–Crippen LogP) is 0.685. The van der Waals surface area contributed by atoms with Crippen molar-refractivity contribution in [3.8, 4) is 0 Å². The van der Waals surface area contributed by atoms with E-state index >= 15 is 0 Å². The number of nitrogens with zero attached hydrogens (tertiary/aromatic N) is 3. The summed E-state index contributed by atoms with van der Waals surface area (Å²) in [6.07, 6.45) is 6.20. The molecular weight excluding hydrogens is 138 g/mol. The third-order valence-electron chi connectivity index (χ3n) is 2.01. The van der Waals surface area contributed by atoms with Crippen LogP contribution in [0.2, 0.25) is 0 Å². The fourth-order valence-electron chi connectivity index (χ4n) is 1.37. The van der Waals surface area contributed by atoms with Crippen molar-refractivity contribution in [3.05, 3.63) is 12.2 Å². The Morgan fingerprint density at radius 1 is 1.55 bits per heavy atom. The molecule has 0 bridgehead atoms. The number of rotatable bonds is 0. The predicted molar refractivity (Wildman–Crippen MR) is 46.1 cm³/mol. The molecule has 2 aliphatic heterocycles. The molecule has 0 aromatic rings. The normalized spacial score (nSPS) is 34.0. The van der Waals surface area contributed by atoms with Crippen LogP contribution in [0.25, 0.3) is 0 Å². The van der Waals surface area contributed by atoms with Crippen molar-refractivity contribution in [1.29, 1.82) is 0 Å². The number of fused-ring (bicyclic) bond motifs is 1. The summed E-state index contributed by atoms with van der Waals surface area (Å²) in [5.74, 6) is 0. The molecule has 0 aromatic carbocycles. The van der Waals surface area contributed by atoms with Gasteiger partial charge in [0.15, 0.2) is 0 Å². The lowest BCUT2D eigenvalue weighted by molar-refractivity contribution is 0.392. The first kappa shape index (κ1) is 6.58. The first-order valence-electron chi connectivity index (χ1n) is 3.75. The molecule has 2 atom stereocenters. The Morgan fingerprint density at radius 2 is 2.36 bits per heavy atom. The van der Waals surface area contributed by atoms with Crippen LogP contribution in [0.5, 0.6) is 0 Å². The number of likely N-dealkylation sites (N-methyl/N-ethyl adjacent to an activating group) is 1. The second-order valence-corrected chi connectivity index (χ2v) is 2.96. The molecule has 2 unspecified atom stereocenters. The molecule has 0 radical (unpaired) electrons. The van der Waals surface area contributed by atoms with Gasteiger partial charge in [0.25, 0.3) is 0 Å². The standard InChI is InChI=1S/C8H11N3/c1-6-3-4-7-8(10-6)11(2)5-9-7/h3-5,7-8H,1-2H3. The summed E-state index contributed by atoms with van der Waals surface area (Å²) in [7, 11) is 2.00. The third-order valence-corrected chi connectivity index (χ3v) is 2.01. The summed E-state index contributed by atoms with van der Waals surface area (Å²) >= 11 is 0. The fourth-order valence-corrected chi connectivity index (χ4v) is 1.37. The van der Waals surface area contributed by atoms with Gasteiger partial charge in [-0.05, 0) is 13.0 Å². The highest BCUT2D eigenvalue weighted by molar-refractivity contribution is 5.94. The van der Waals surface area contributed by atoms with Crippen LogP contribution in [0.1, 0.15) is 6.92 Å². The topological polar surface area (TPSA) is 28.0 Å². The number of aliphatic imine (C=N–C) groups is 2. The smallest absolute Gasteiger partial charge is 0.148 e. The molecule has 3 heteroatoms. The maximum absolute atomic E-state index is 4.46. The van der Waals surface area contributed by atoms with E-state index in [-0.39, 0.29) is 12.2 Å². The Kier molecular flexibility index (Phi) is 1.31. The van der Waals surface area contributed by atoms with Crippen LogP contribution < -0.4 is 0 Å². The molecule has 0 amide bonds. The average Bonchev–Trinajstić information content (AvgIpc) is 2.33. The summed E-state index contributed by atoms with van der Waals surface area (Å²) < 4.78 is 0. The minimum atomic E-state index is 0.222. The van der Waals surface area contributed by atoms with E-state index in [4.69, 9.17) is 0 Å². The number of allylic oxidation sites excluding steroid dienone is 1. The SMILES string of the molecule is CC1=NC2C(C=C1)N=CN2C. The molecule has 0 fully saturated rings. The highest BCUT2D eigenvalue weighted by Gasteiger charge is 2.27. The Labute approximate surface area is 66.1 Å². The van der Waals surface area contributed by atoms with Gasteiger partial charge >= 0.3 is 0 Å². The van der Waals surface area contributed by atoms with Crippen LogP contribution in [-0.2, 0) is 0 Å². The molecule has 0 saturated carbocycles. The minimum absolute atomic E-state index is 0.222. The molecule has 2 rings (SSSR count). The Balaban J connectivity index is 2.27. The summed E-state index contributed by atoms with van der Waals surface area (Å²) in [4.78, 5) is 10.8. The highest BCUT2D eigenvalue weighted by Crippen LogP contribution is 2.17. The van der Waals surface area contributed by atoms with Crippen LogP contribution in [0.3, 0.4) is 0 Å². The van der Waals surface area contributed by atoms with Gasteiger partial charge in [0.05, 0.1) is 6.34 Å². The molecule has 3 nitrogen and oxygen atoms in total. The summed E-state index contributed by atoms with van der Waals surface area (Å²) in [5.41, 5.74) is 1.09. The van der Waals surface area contributed by atoms with E-state index in [1.807, 2.05) is 31.3 Å². The zero-order chi connectivity index (χ0) is 7.84. The molecule has 2 aliphatic rings. The molecule has 0 aliphatic carbocycles. The third kappa shape index (κ3) is 0.964. The minimum Gasteiger partial charge on any atom is -0.342 e. The van der Waals surface area contributed by atoms with Gasteiger partial charge in [0, 0.05) is 12.8 Å². The molecule has 11 heavy (non-hydrogen) atoms. The maximum atomic E-state index is 4.46. The largest absolute Gasteiger partial charge is 0.342 e. The zero-order valence-electron chi connectivity index (χ0n) is 6.73. The van der Waals surface area contributed by atoms with E-state index in [9.17, 15) is 0 Å². The van der Waals surface area contributed by atoms with E-state index in [2.05, 4.69) is 16.1 Å². The van der Waals surface area contributed by atoms with Gasteiger partial charge in [-0.2, -0.15) is 0 Å². The van der Waals surface area contributed by atoms with E-state index in [0.717, 1.165) is 5.71 Å². The molecule has 0 saturated heterocycles. The number of hydrogen-bond acceptors (Lipinski definition) is 3. The van der Waals surface area contributed by atoms with Crippen molar-refractivity contribution in [2.45, 2.75) is 19.1 Å². The van der Waals surface area contributed by atoms with Crippen molar-refractivity contribution in [2.24, 2.45) is 9.98 Å². The van der Waals surface area contributed by atoms with Crippen LogP contribution >= 0.6 is 0 Å². The molecule has 2 heterocycles. The Hall–Kier alpha value is -1.12. The van der Waals surface area contributed by atoms with Gasteiger partial charge in [-0.3, -0.25) is 9.98 Å². The average molecular weight is 149 g/mol. The van der Waals surface area contributed by atoms with Crippen molar-refractivity contribution < 1.29 is 0 Å². The Morgan fingerprint density at radius 3 is 3.18 bits per heavy atom. The second-order valence-electron chi connectivity index (χ2n) is 2.96. The molecule has 58 valence electrons. The van der Waals surface area contributed by atoms with Crippen molar-refractivity contribution >= 4 is 12.1 Å². The van der Waals surface area contributed by atoms with Gasteiger partial charge in [0.2, 0.25) is 0 Å². The van der Waals surface area contributed by atoms with Crippen molar-refractivity contribution in [1.82, 2.24) is 4.90 Å². The van der Waals surface area contributed by atoms with Gasteiger partial charge in [-0.15, -0.1) is 0 Å². The van der Waals surface area contributed by atoms with E-state index < -0.39 is 0 Å². The van der Waals surface area contributed by atoms with Crippen molar-refractivity contribution in [2.75, 3.05) is 7.05 Å². The first-order valence-corrected chi connectivity index (χ1v) is 3.75. The zero-order valence-corrected chi connectivity index (χ0v) is 6.73. The Bertz CT molecular complexity index is 252. The summed E-state index contributed by atoms with van der Waals surface area (Å²) in [6, 6.07) is 0.253. The fraction of sp³-hybridized carbons (Fsp3) is 0.500. The number of hydrogen-bond donors (Lipinski definition) is 0. The molecule has 0 spiro atoms. The van der Waals surface area contributed by atoms with E-state index in [1.165, 1.54) is 0 Å². The van der Waals surface area contributed by atoms with Crippen LogP contribution in [0.15, 0.2) is 22.1 Å². The molecular formula is C8H11N3. The van der Waals surface area contributed by atoms with Crippen LogP contribution in [0, 0.1) is 0 Å². The van der Waals surface area contributed by atoms with Gasteiger partial charge in [0.1, 0.15) is 12.2 Å². The van der Waals surface area contributed by atoms with E-state index in [0.29, 0.717) is 0 Å². The maximum Gasteiger partial charge on any atom is 0.148 e. The molecule has 0 N–H and O–H groups in total. The lowest BCUT2D eigenvalue weighted by atomic mass is 10.1. The van der Waals surface area contributed by atoms with Crippen LogP contribution in [0.4, 0.5) is 0 Å². The van der Waals surface area contributed by atoms with E-state index in [1.54, 1.807) is 0 Å². The lowest BCUT2D eigenvalue weighted by Crippen LogP contribution is -2.33. The number of dihydropyridines is 1. The second kappa shape index (κ2) is 2.19. The first-order chi connectivity index (χ1) is 5.27. The van der Waals surface area contributed by atoms with Gasteiger partial charge in [-0.25, -0.2) is 0 Å². The lowest BCUT2D eigenvalue weighted by Gasteiger charge is -2.21. The van der Waals surface area contributed by atoms with Gasteiger partial charge in [-0.1, -0.05) is 6.08 Å². The van der Waals surface area contributed by atoms with Crippen LogP contribution in [-0.4, -0.2) is 36.2 Å². The summed E-state index contributed by atoms with van der Waals surface area (Å²) in [6.45, 7) is 2.01. The van der Waals surface area contributed by atoms with Crippen molar-refractivity contribution in [3.63, 3.8) is 0 Å². The van der Waals surface area contributed by atoms with Gasteiger partial charge < -0.3 is 4.90 Å². The highest BCUT2D eigenvalue weighted by atomic mass is 15.3. The quantitative estimate of drug-likeness (QED) is 0.498. The monoisotopic (exact) mass is 149 g/mol.